The number of benzene rings is 4. The molecule has 0 amide bonds. The fraction of sp³-hybridized carbons (Fsp3) is 0.174. The van der Waals surface area contributed by atoms with Gasteiger partial charge in [0.25, 0.3) is 5.70 Å². The van der Waals surface area contributed by atoms with Crippen molar-refractivity contribution in [1.29, 1.82) is 5.26 Å². The van der Waals surface area contributed by atoms with Gasteiger partial charge in [-0.2, -0.15) is 5.26 Å². The van der Waals surface area contributed by atoms with Gasteiger partial charge in [-0.1, -0.05) is 72.8 Å². The molecule has 1 N–H and O–H groups in total. The Morgan fingerprint density at radius 3 is 1.80 bits per heavy atom. The largest absolute Gasteiger partial charge is 0.493 e. The third kappa shape index (κ3) is 10.9. The van der Waals surface area contributed by atoms with Crippen LogP contribution in [0, 0.1) is 17.9 Å². The normalized spacial score (nSPS) is 18.6. The van der Waals surface area contributed by atoms with Gasteiger partial charge in [0.2, 0.25) is 0 Å². The van der Waals surface area contributed by atoms with Gasteiger partial charge in [-0.15, -0.1) is 0 Å². The van der Waals surface area contributed by atoms with Crippen molar-refractivity contribution < 1.29 is 57.4 Å². The third-order valence-electron chi connectivity index (χ3n) is 9.05. The Morgan fingerprint density at radius 1 is 0.733 bits per heavy atom. The minimum atomic E-state index is -0.968. The summed E-state index contributed by atoms with van der Waals surface area (Å²) in [5, 5.41) is 19.8. The molecule has 2 aliphatic rings. The summed E-state index contributed by atoms with van der Waals surface area (Å²) >= 11 is 0. The van der Waals surface area contributed by atoms with Crippen LogP contribution in [0.15, 0.2) is 120 Å². The number of hydrogen-bond acceptors (Lipinski definition) is 13. The molecule has 14 heteroatoms. The van der Waals surface area contributed by atoms with Crippen LogP contribution < -0.4 is 14.2 Å². The van der Waals surface area contributed by atoms with Gasteiger partial charge in [0, 0.05) is 17.7 Å². The Bertz CT molecular complexity index is 2270. The van der Waals surface area contributed by atoms with Gasteiger partial charge in [0.15, 0.2) is 23.7 Å². The number of hydrogen-bond donors (Lipinski definition) is 1. The number of ether oxygens (including phenoxy) is 7. The van der Waals surface area contributed by atoms with E-state index in [0.717, 1.165) is 11.1 Å². The lowest BCUT2D eigenvalue weighted by atomic mass is 10.1. The molecule has 2 fully saturated rings. The summed E-state index contributed by atoms with van der Waals surface area (Å²) < 4.78 is 38.9. The summed E-state index contributed by atoms with van der Waals surface area (Å²) in [7, 11) is 1.38. The highest BCUT2D eigenvalue weighted by Crippen LogP contribution is 2.33. The van der Waals surface area contributed by atoms with Gasteiger partial charge in [-0.3, -0.25) is 4.79 Å². The maximum atomic E-state index is 13.1. The van der Waals surface area contributed by atoms with Crippen molar-refractivity contribution in [2.24, 2.45) is 0 Å². The van der Waals surface area contributed by atoms with Gasteiger partial charge in [-0.25, -0.2) is 19.2 Å². The number of esters is 4. The van der Waals surface area contributed by atoms with E-state index < -0.39 is 54.9 Å². The monoisotopic (exact) mass is 808 g/mol. The maximum Gasteiger partial charge on any atom is 0.349 e. The summed E-state index contributed by atoms with van der Waals surface area (Å²) in [6.07, 6.45) is 4.71. The van der Waals surface area contributed by atoms with E-state index in [0.29, 0.717) is 11.1 Å². The number of carbonyl (C=O) groups is 4. The lowest BCUT2D eigenvalue weighted by Gasteiger charge is -2.17. The van der Waals surface area contributed by atoms with Crippen LogP contribution in [0.5, 0.6) is 17.2 Å². The van der Waals surface area contributed by atoms with Crippen molar-refractivity contribution in [1.82, 2.24) is 0 Å². The number of methoxy groups -OCH3 is 1. The molecule has 0 radical (unpaired) electrons. The highest BCUT2D eigenvalue weighted by atomic mass is 16.7. The molecule has 14 nitrogen and oxygen atoms in total. The molecule has 4 atom stereocenters. The van der Waals surface area contributed by atoms with E-state index in [2.05, 4.69) is 4.85 Å². The van der Waals surface area contributed by atoms with E-state index in [1.165, 1.54) is 67.8 Å². The molecule has 0 saturated carbocycles. The summed E-state index contributed by atoms with van der Waals surface area (Å²) in [5.41, 5.74) is 1.87. The van der Waals surface area contributed by atoms with Crippen LogP contribution in [0.2, 0.25) is 0 Å². The molecule has 2 heterocycles. The number of carbonyl (C=O) groups excluding carboxylic acids is 4. The molecule has 6 rings (SSSR count). The van der Waals surface area contributed by atoms with E-state index in [4.69, 9.17) is 39.7 Å². The predicted molar refractivity (Wildman–Crippen MR) is 215 cm³/mol. The molecule has 0 aromatic heterocycles. The number of aliphatic hydroxyl groups excluding tert-OH is 1. The van der Waals surface area contributed by atoms with Crippen molar-refractivity contribution in [3.8, 4) is 23.3 Å². The van der Waals surface area contributed by atoms with E-state index >= 15 is 0 Å². The molecule has 4 aromatic rings. The first-order valence-electron chi connectivity index (χ1n) is 18.4. The standard InChI is InChI=1S/C46H36N2O12/c1-48-35(23-31-13-17-36(34(22-31)26-49)57-41(50)19-15-29-9-5-3-6-10-29)46(53)60-40-28-56-43-39(27-55-44(40)43)59-45(52)33(25-47)21-32-14-18-37(38(24-32)54-2)58-42(51)20-16-30-11-7-4-8-12-30/h3-24,39-40,43-44,49H,26-28H2,2H3/b19-15+,20-16+,33-21+,35-23-/t39-,40+,43+,44+/m0/s1. The molecular formula is C46H36N2O12. The number of nitriles is 1. The summed E-state index contributed by atoms with van der Waals surface area (Å²) in [6.45, 7) is 6.89. The zero-order valence-electron chi connectivity index (χ0n) is 32.0. The smallest absolute Gasteiger partial charge is 0.349 e. The number of fused-ring (bicyclic) bond motifs is 1. The van der Waals surface area contributed by atoms with Crippen LogP contribution >= 0.6 is 0 Å². The van der Waals surface area contributed by atoms with Gasteiger partial charge in [0.1, 0.15) is 29.6 Å². The molecule has 60 heavy (non-hydrogen) atoms. The summed E-state index contributed by atoms with van der Waals surface area (Å²) in [5.74, 6) is -2.82. The van der Waals surface area contributed by atoms with E-state index in [9.17, 15) is 29.5 Å². The highest BCUT2D eigenvalue weighted by molar-refractivity contribution is 5.98. The van der Waals surface area contributed by atoms with E-state index in [1.807, 2.05) is 66.7 Å². The van der Waals surface area contributed by atoms with Crippen LogP contribution in [-0.4, -0.2) is 73.7 Å². The second-order valence-electron chi connectivity index (χ2n) is 13.1. The van der Waals surface area contributed by atoms with Crippen molar-refractivity contribution in [2.45, 2.75) is 31.0 Å². The lowest BCUT2D eigenvalue weighted by molar-refractivity contribution is -0.150. The lowest BCUT2D eigenvalue weighted by Crippen LogP contribution is -2.36. The topological polar surface area (TPSA) is 181 Å². The first-order valence-corrected chi connectivity index (χ1v) is 18.4. The van der Waals surface area contributed by atoms with Gasteiger partial charge in [0.05, 0.1) is 33.5 Å². The Hall–Kier alpha value is -7.62. The number of rotatable bonds is 14. The summed E-state index contributed by atoms with van der Waals surface area (Å²) in [6, 6.07) is 29.1. The first-order chi connectivity index (χ1) is 29.2. The van der Waals surface area contributed by atoms with E-state index in [1.54, 1.807) is 12.2 Å². The highest BCUT2D eigenvalue weighted by Gasteiger charge is 2.51. The Kier molecular flexibility index (Phi) is 14.1. The fourth-order valence-electron chi connectivity index (χ4n) is 6.14. The van der Waals surface area contributed by atoms with Crippen molar-refractivity contribution in [2.75, 3.05) is 20.3 Å². The molecule has 0 bridgehead atoms. The Morgan fingerprint density at radius 2 is 1.27 bits per heavy atom. The predicted octanol–water partition coefficient (Wildman–Crippen LogP) is 5.91. The maximum absolute atomic E-state index is 13.1. The van der Waals surface area contributed by atoms with Crippen LogP contribution in [-0.2, 0) is 44.7 Å². The molecule has 0 aliphatic carbocycles. The number of aliphatic hydroxyl groups is 1. The molecule has 302 valence electrons. The SMILES string of the molecule is [C-]#[N+]/C(=C\c1ccc(OC(=O)/C=C/c2ccccc2)c(CO)c1)C(=O)O[C@@H]1CO[C@H]2[C@@H]1OC[C@@H]2OC(=O)/C(C#N)=C/c1ccc(OC(=O)/C=C/c2ccccc2)c(OC)c1. The second-order valence-corrected chi connectivity index (χ2v) is 13.1. The summed E-state index contributed by atoms with van der Waals surface area (Å²) in [4.78, 5) is 54.4. The molecule has 0 unspecified atom stereocenters. The molecule has 2 saturated heterocycles. The van der Waals surface area contributed by atoms with Crippen LogP contribution in [0.1, 0.15) is 27.8 Å². The van der Waals surface area contributed by atoms with Crippen LogP contribution in [0.4, 0.5) is 0 Å². The van der Waals surface area contributed by atoms with Crippen LogP contribution in [0.3, 0.4) is 0 Å². The second kappa shape index (κ2) is 20.2. The minimum absolute atomic E-state index is 0.103. The zero-order chi connectivity index (χ0) is 42.4. The quantitative estimate of drug-likeness (QED) is 0.0522. The van der Waals surface area contributed by atoms with Crippen molar-refractivity contribution in [3.63, 3.8) is 0 Å². The fourth-order valence-corrected chi connectivity index (χ4v) is 6.14. The number of nitrogens with zero attached hydrogens (tertiary/aromatic N) is 2. The Balaban J connectivity index is 1.04. The minimum Gasteiger partial charge on any atom is -0.493 e. The molecule has 4 aromatic carbocycles. The van der Waals surface area contributed by atoms with Gasteiger partial charge in [-0.05, 0) is 70.8 Å². The molecule has 2 aliphatic heterocycles. The van der Waals surface area contributed by atoms with Crippen LogP contribution in [0.25, 0.3) is 29.1 Å². The average Bonchev–Trinajstić information content (AvgIpc) is 3.87. The van der Waals surface area contributed by atoms with E-state index in [-0.39, 0.29) is 47.3 Å². The average molecular weight is 809 g/mol. The van der Waals surface area contributed by atoms with Gasteiger partial charge < -0.3 is 38.3 Å². The van der Waals surface area contributed by atoms with Crippen molar-refractivity contribution in [3.05, 3.63) is 160 Å². The first kappa shape index (κ1) is 42.0. The molecular weight excluding hydrogens is 773 g/mol. The third-order valence-corrected chi connectivity index (χ3v) is 9.05. The molecule has 0 spiro atoms. The zero-order valence-corrected chi connectivity index (χ0v) is 32.0. The van der Waals surface area contributed by atoms with Crippen molar-refractivity contribution >= 4 is 48.2 Å². The Labute approximate surface area is 344 Å². The van der Waals surface area contributed by atoms with Gasteiger partial charge >= 0.3 is 23.9 Å².